The molecule has 0 aliphatic carbocycles. The van der Waals surface area contributed by atoms with Gasteiger partial charge in [0.25, 0.3) is 0 Å². The number of rotatable bonds is 8. The lowest BCUT2D eigenvalue weighted by Crippen LogP contribution is -2.41. The van der Waals surface area contributed by atoms with Gasteiger partial charge in [-0.3, -0.25) is 0 Å². The number of benzene rings is 1. The molecule has 0 amide bonds. The molecular weight excluding hydrogens is 374 g/mol. The second-order valence-electron chi connectivity index (χ2n) is 5.42. The van der Waals surface area contributed by atoms with Crippen LogP contribution in [0.1, 0.15) is 24.1 Å². The molecule has 1 aliphatic heterocycles. The van der Waals surface area contributed by atoms with Crippen molar-refractivity contribution in [3.8, 4) is 0 Å². The van der Waals surface area contributed by atoms with Crippen LogP contribution >= 0.6 is 12.4 Å². The van der Waals surface area contributed by atoms with Crippen LogP contribution in [-0.4, -0.2) is 48.0 Å². The van der Waals surface area contributed by atoms with E-state index in [4.69, 9.17) is 0 Å². The van der Waals surface area contributed by atoms with Gasteiger partial charge in [0.05, 0.1) is 11.5 Å². The van der Waals surface area contributed by atoms with Crippen LogP contribution in [-0.2, 0) is 26.5 Å². The van der Waals surface area contributed by atoms with Gasteiger partial charge in [-0.1, -0.05) is 24.3 Å². The highest BCUT2D eigenvalue weighted by Crippen LogP contribution is 2.21. The molecule has 0 saturated heterocycles. The molecule has 0 radical (unpaired) electrons. The number of halogens is 1. The fourth-order valence-electron chi connectivity index (χ4n) is 2.49. The van der Waals surface area contributed by atoms with Gasteiger partial charge in [-0.25, -0.2) is 26.3 Å². The van der Waals surface area contributed by atoms with Gasteiger partial charge >= 0.3 is 0 Å². The average Bonchev–Trinajstić information content (AvgIpc) is 2.52. The van der Waals surface area contributed by atoms with Gasteiger partial charge in [-0.15, -0.1) is 12.4 Å². The number of hydrogen-bond acceptors (Lipinski definition) is 5. The van der Waals surface area contributed by atoms with Crippen molar-refractivity contribution >= 4 is 32.5 Å². The fourth-order valence-corrected chi connectivity index (χ4v) is 4.17. The van der Waals surface area contributed by atoms with E-state index in [0.717, 1.165) is 18.5 Å². The Morgan fingerprint density at radius 3 is 2.54 bits per heavy atom. The van der Waals surface area contributed by atoms with Crippen molar-refractivity contribution in [1.29, 1.82) is 0 Å². The molecule has 3 N–H and O–H groups in total. The Morgan fingerprint density at radius 2 is 1.83 bits per heavy atom. The standard InChI is InChI=1S/C14H23N3O4S2.ClH/c1-2-22(18,19)16-9-10-23(20,21)17-11-14-13-6-4-3-5-12(13)7-8-15-14;/h3-6,14-17H,2,7-11H2,1H3;1H. The summed E-state index contributed by atoms with van der Waals surface area (Å²) in [6, 6.07) is 7.90. The quantitative estimate of drug-likeness (QED) is 0.579. The lowest BCUT2D eigenvalue weighted by Gasteiger charge is -2.27. The molecule has 1 aromatic rings. The molecule has 0 saturated carbocycles. The molecule has 0 bridgehead atoms. The zero-order valence-electron chi connectivity index (χ0n) is 13.5. The van der Waals surface area contributed by atoms with E-state index >= 15 is 0 Å². The van der Waals surface area contributed by atoms with E-state index in [1.807, 2.05) is 18.2 Å². The minimum absolute atomic E-state index is 0. The van der Waals surface area contributed by atoms with Gasteiger partial charge < -0.3 is 5.32 Å². The molecular formula is C14H24ClN3O4S2. The minimum Gasteiger partial charge on any atom is -0.308 e. The van der Waals surface area contributed by atoms with Crippen molar-refractivity contribution in [3.05, 3.63) is 35.4 Å². The van der Waals surface area contributed by atoms with Crippen molar-refractivity contribution < 1.29 is 16.8 Å². The normalized spacial score (nSPS) is 17.8. The number of nitrogens with one attached hydrogen (secondary N) is 3. The van der Waals surface area contributed by atoms with Crippen LogP contribution in [0.25, 0.3) is 0 Å². The summed E-state index contributed by atoms with van der Waals surface area (Å²) in [6.07, 6.45) is 0.929. The monoisotopic (exact) mass is 397 g/mol. The molecule has 0 aromatic heterocycles. The molecule has 7 nitrogen and oxygen atoms in total. The summed E-state index contributed by atoms with van der Waals surface area (Å²) in [6.45, 7) is 2.43. The van der Waals surface area contributed by atoms with Gasteiger partial charge in [-0.05, 0) is 31.0 Å². The molecule has 0 spiro atoms. The number of sulfonamides is 2. The van der Waals surface area contributed by atoms with Crippen LogP contribution in [0.2, 0.25) is 0 Å². The Bertz CT molecular complexity index is 738. The van der Waals surface area contributed by atoms with E-state index in [9.17, 15) is 16.8 Å². The maximum Gasteiger partial charge on any atom is 0.212 e. The lowest BCUT2D eigenvalue weighted by molar-refractivity contribution is 0.491. The van der Waals surface area contributed by atoms with Crippen molar-refractivity contribution in [2.45, 2.75) is 19.4 Å². The Kier molecular flexibility index (Phi) is 8.10. The lowest BCUT2D eigenvalue weighted by atomic mass is 9.95. The summed E-state index contributed by atoms with van der Waals surface area (Å²) >= 11 is 0. The van der Waals surface area contributed by atoms with Crippen LogP contribution in [0.5, 0.6) is 0 Å². The Hall–Kier alpha value is -0.710. The summed E-state index contributed by atoms with van der Waals surface area (Å²) in [4.78, 5) is 0. The third-order valence-electron chi connectivity index (χ3n) is 3.80. The van der Waals surface area contributed by atoms with E-state index in [1.165, 1.54) is 12.5 Å². The first-order valence-electron chi connectivity index (χ1n) is 7.59. The highest BCUT2D eigenvalue weighted by molar-refractivity contribution is 7.90. The second-order valence-corrected chi connectivity index (χ2v) is 9.44. The van der Waals surface area contributed by atoms with Crippen molar-refractivity contribution in [1.82, 2.24) is 14.8 Å². The largest absolute Gasteiger partial charge is 0.308 e. The predicted molar refractivity (Wildman–Crippen MR) is 97.4 cm³/mol. The third-order valence-corrected chi connectivity index (χ3v) is 6.55. The minimum atomic E-state index is -3.53. The summed E-state index contributed by atoms with van der Waals surface area (Å²) in [5.41, 5.74) is 2.33. The van der Waals surface area contributed by atoms with E-state index < -0.39 is 20.0 Å². The van der Waals surface area contributed by atoms with Crippen molar-refractivity contribution in [2.24, 2.45) is 0 Å². The van der Waals surface area contributed by atoms with Crippen LogP contribution in [0.3, 0.4) is 0 Å². The molecule has 1 atom stereocenters. The van der Waals surface area contributed by atoms with Gasteiger partial charge in [-0.2, -0.15) is 0 Å². The van der Waals surface area contributed by atoms with E-state index in [0.29, 0.717) is 0 Å². The smallest absolute Gasteiger partial charge is 0.212 e. The van der Waals surface area contributed by atoms with Gasteiger partial charge in [0.15, 0.2) is 0 Å². The maximum atomic E-state index is 12.0. The van der Waals surface area contributed by atoms with Crippen molar-refractivity contribution in [2.75, 3.05) is 31.1 Å². The number of hydrogen-bond donors (Lipinski definition) is 3. The Morgan fingerprint density at radius 1 is 1.12 bits per heavy atom. The van der Waals surface area contributed by atoms with Crippen LogP contribution < -0.4 is 14.8 Å². The zero-order valence-corrected chi connectivity index (χ0v) is 15.9. The molecule has 1 aliphatic rings. The zero-order chi connectivity index (χ0) is 16.9. The first-order valence-corrected chi connectivity index (χ1v) is 10.9. The number of fused-ring (bicyclic) bond motifs is 1. The Labute approximate surface area is 150 Å². The van der Waals surface area contributed by atoms with Crippen LogP contribution in [0.4, 0.5) is 0 Å². The molecule has 10 heteroatoms. The van der Waals surface area contributed by atoms with Crippen LogP contribution in [0.15, 0.2) is 24.3 Å². The first-order chi connectivity index (χ1) is 10.8. The molecule has 0 fully saturated rings. The summed E-state index contributed by atoms with van der Waals surface area (Å²) in [5, 5.41) is 3.30. The van der Waals surface area contributed by atoms with E-state index in [2.05, 4.69) is 20.8 Å². The fraction of sp³-hybridized carbons (Fsp3) is 0.571. The first kappa shape index (κ1) is 21.3. The van der Waals surface area contributed by atoms with Gasteiger partial charge in [0.2, 0.25) is 20.0 Å². The molecule has 1 aromatic carbocycles. The third kappa shape index (κ3) is 6.30. The summed E-state index contributed by atoms with van der Waals surface area (Å²) in [7, 11) is -6.90. The molecule has 1 heterocycles. The van der Waals surface area contributed by atoms with E-state index in [-0.39, 0.29) is 43.0 Å². The van der Waals surface area contributed by atoms with Gasteiger partial charge in [0.1, 0.15) is 0 Å². The van der Waals surface area contributed by atoms with Gasteiger partial charge in [0, 0.05) is 19.1 Å². The molecule has 1 unspecified atom stereocenters. The van der Waals surface area contributed by atoms with Crippen molar-refractivity contribution in [3.63, 3.8) is 0 Å². The predicted octanol–water partition coefficient (Wildman–Crippen LogP) is 0.154. The summed E-state index contributed by atoms with van der Waals surface area (Å²) < 4.78 is 51.4. The topological polar surface area (TPSA) is 104 Å². The highest BCUT2D eigenvalue weighted by atomic mass is 35.5. The second kappa shape index (κ2) is 9.12. The highest BCUT2D eigenvalue weighted by Gasteiger charge is 2.21. The summed E-state index contributed by atoms with van der Waals surface area (Å²) in [5.74, 6) is -0.343. The Balaban J connectivity index is 0.00000288. The molecule has 24 heavy (non-hydrogen) atoms. The molecule has 2 rings (SSSR count). The SMILES string of the molecule is CCS(=O)(=O)NCCS(=O)(=O)NCC1NCCc2ccccc21.Cl. The van der Waals surface area contributed by atoms with Crippen LogP contribution in [0, 0.1) is 0 Å². The molecule has 138 valence electrons. The van der Waals surface area contributed by atoms with E-state index in [1.54, 1.807) is 0 Å². The average molecular weight is 398 g/mol. The maximum absolute atomic E-state index is 12.0.